The lowest BCUT2D eigenvalue weighted by Gasteiger charge is -2.26. The number of ether oxygens (including phenoxy) is 2. The Labute approximate surface area is 86.4 Å². The molecule has 1 aromatic rings. The van der Waals surface area contributed by atoms with Crippen molar-refractivity contribution in [1.29, 1.82) is 0 Å². The molecule has 15 heavy (non-hydrogen) atoms. The quantitative estimate of drug-likeness (QED) is 0.717. The fourth-order valence-corrected chi connectivity index (χ4v) is 1.27. The molecule has 0 bridgehead atoms. The van der Waals surface area contributed by atoms with Gasteiger partial charge in [0.15, 0.2) is 0 Å². The van der Waals surface area contributed by atoms with Crippen LogP contribution in [0.25, 0.3) is 0 Å². The predicted molar refractivity (Wildman–Crippen MR) is 53.0 cm³/mol. The predicted octanol–water partition coefficient (Wildman–Crippen LogP) is 0.745. The SMILES string of the molecule is Nc1ccc(OC2COC2)cc1C(=O)O. The van der Waals surface area contributed by atoms with Crippen molar-refractivity contribution in [3.05, 3.63) is 23.8 Å². The van der Waals surface area contributed by atoms with Crippen molar-refractivity contribution in [3.63, 3.8) is 0 Å². The Balaban J connectivity index is 2.17. The number of carbonyl (C=O) groups is 1. The third kappa shape index (κ3) is 2.02. The van der Waals surface area contributed by atoms with E-state index in [0.717, 1.165) is 0 Å². The van der Waals surface area contributed by atoms with Crippen LogP contribution in [0, 0.1) is 0 Å². The van der Waals surface area contributed by atoms with Gasteiger partial charge in [-0.1, -0.05) is 0 Å². The third-order valence-corrected chi connectivity index (χ3v) is 2.17. The van der Waals surface area contributed by atoms with Crippen molar-refractivity contribution in [2.75, 3.05) is 18.9 Å². The highest BCUT2D eigenvalue weighted by atomic mass is 16.6. The minimum Gasteiger partial charge on any atom is -0.486 e. The molecule has 1 heterocycles. The van der Waals surface area contributed by atoms with Crippen LogP contribution in [0.15, 0.2) is 18.2 Å². The molecule has 0 amide bonds. The average Bonchev–Trinajstić information content (AvgIpc) is 2.13. The molecule has 80 valence electrons. The maximum Gasteiger partial charge on any atom is 0.337 e. The number of nitrogen functional groups attached to an aromatic ring is 1. The molecule has 0 unspecified atom stereocenters. The van der Waals surface area contributed by atoms with Crippen LogP contribution in [-0.4, -0.2) is 30.4 Å². The second-order valence-electron chi connectivity index (χ2n) is 3.33. The van der Waals surface area contributed by atoms with Gasteiger partial charge in [0.25, 0.3) is 0 Å². The summed E-state index contributed by atoms with van der Waals surface area (Å²) in [5, 5.41) is 8.84. The molecule has 0 aromatic heterocycles. The maximum atomic E-state index is 10.8. The van der Waals surface area contributed by atoms with Gasteiger partial charge in [-0.3, -0.25) is 0 Å². The standard InChI is InChI=1S/C10H11NO4/c11-9-2-1-6(3-8(9)10(12)13)15-7-4-14-5-7/h1-3,7H,4-5,11H2,(H,12,13). The van der Waals surface area contributed by atoms with Gasteiger partial charge < -0.3 is 20.3 Å². The molecular weight excluding hydrogens is 198 g/mol. The minimum absolute atomic E-state index is 0.0234. The van der Waals surface area contributed by atoms with E-state index in [9.17, 15) is 4.79 Å². The highest BCUT2D eigenvalue weighted by Crippen LogP contribution is 2.22. The van der Waals surface area contributed by atoms with Gasteiger partial charge in [0, 0.05) is 5.69 Å². The molecular formula is C10H11NO4. The zero-order valence-electron chi connectivity index (χ0n) is 7.97. The van der Waals surface area contributed by atoms with Crippen LogP contribution in [0.1, 0.15) is 10.4 Å². The summed E-state index contributed by atoms with van der Waals surface area (Å²) in [5.74, 6) is -0.544. The topological polar surface area (TPSA) is 81.8 Å². The molecule has 0 radical (unpaired) electrons. The fraction of sp³-hybridized carbons (Fsp3) is 0.300. The summed E-state index contributed by atoms with van der Waals surface area (Å²) in [5.41, 5.74) is 5.81. The van der Waals surface area contributed by atoms with Crippen LogP contribution < -0.4 is 10.5 Å². The first-order valence-corrected chi connectivity index (χ1v) is 4.54. The average molecular weight is 209 g/mol. The lowest BCUT2D eigenvalue weighted by Crippen LogP contribution is -2.38. The minimum atomic E-state index is -1.05. The monoisotopic (exact) mass is 209 g/mol. The van der Waals surface area contributed by atoms with Crippen LogP contribution in [-0.2, 0) is 4.74 Å². The van der Waals surface area contributed by atoms with Gasteiger partial charge in [-0.15, -0.1) is 0 Å². The van der Waals surface area contributed by atoms with Crippen LogP contribution in [0.2, 0.25) is 0 Å². The van der Waals surface area contributed by atoms with Gasteiger partial charge >= 0.3 is 5.97 Å². The summed E-state index contributed by atoms with van der Waals surface area (Å²) >= 11 is 0. The molecule has 1 aromatic carbocycles. The molecule has 0 atom stereocenters. The summed E-state index contributed by atoms with van der Waals surface area (Å²) in [6.45, 7) is 1.10. The molecule has 1 fully saturated rings. The Morgan fingerprint density at radius 1 is 1.53 bits per heavy atom. The highest BCUT2D eigenvalue weighted by Gasteiger charge is 2.20. The molecule has 0 spiro atoms. The Kier molecular flexibility index (Phi) is 2.47. The van der Waals surface area contributed by atoms with Crippen molar-refractivity contribution in [1.82, 2.24) is 0 Å². The molecule has 1 aliphatic heterocycles. The van der Waals surface area contributed by atoms with Crippen molar-refractivity contribution in [2.24, 2.45) is 0 Å². The number of hydrogen-bond acceptors (Lipinski definition) is 4. The molecule has 1 aliphatic rings. The van der Waals surface area contributed by atoms with Crippen molar-refractivity contribution < 1.29 is 19.4 Å². The van der Waals surface area contributed by atoms with Crippen molar-refractivity contribution >= 4 is 11.7 Å². The summed E-state index contributed by atoms with van der Waals surface area (Å²) in [4.78, 5) is 10.8. The van der Waals surface area contributed by atoms with Crippen LogP contribution >= 0.6 is 0 Å². The number of benzene rings is 1. The molecule has 0 saturated carbocycles. The lowest BCUT2D eigenvalue weighted by molar-refractivity contribution is -0.0796. The molecule has 3 N–H and O–H groups in total. The summed E-state index contributed by atoms with van der Waals surface area (Å²) in [7, 11) is 0. The van der Waals surface area contributed by atoms with E-state index in [2.05, 4.69) is 0 Å². The first-order chi connectivity index (χ1) is 7.16. The van der Waals surface area contributed by atoms with E-state index in [1.165, 1.54) is 12.1 Å². The van der Waals surface area contributed by atoms with E-state index in [4.69, 9.17) is 20.3 Å². The third-order valence-electron chi connectivity index (χ3n) is 2.17. The van der Waals surface area contributed by atoms with Gasteiger partial charge in [0.1, 0.15) is 11.9 Å². The molecule has 0 aliphatic carbocycles. The normalized spacial score (nSPS) is 15.7. The zero-order valence-corrected chi connectivity index (χ0v) is 7.97. The maximum absolute atomic E-state index is 10.8. The smallest absolute Gasteiger partial charge is 0.337 e. The van der Waals surface area contributed by atoms with E-state index in [1.54, 1.807) is 6.07 Å². The lowest BCUT2D eigenvalue weighted by atomic mass is 10.1. The van der Waals surface area contributed by atoms with E-state index in [0.29, 0.717) is 19.0 Å². The second-order valence-corrected chi connectivity index (χ2v) is 3.33. The Morgan fingerprint density at radius 3 is 2.80 bits per heavy atom. The van der Waals surface area contributed by atoms with Crippen molar-refractivity contribution in [2.45, 2.75) is 6.10 Å². The highest BCUT2D eigenvalue weighted by molar-refractivity contribution is 5.94. The molecule has 1 saturated heterocycles. The van der Waals surface area contributed by atoms with Crippen LogP contribution in [0.4, 0.5) is 5.69 Å². The van der Waals surface area contributed by atoms with Gasteiger partial charge in [-0.05, 0) is 18.2 Å². The zero-order chi connectivity index (χ0) is 10.8. The van der Waals surface area contributed by atoms with Crippen LogP contribution in [0.5, 0.6) is 5.75 Å². The van der Waals surface area contributed by atoms with Crippen molar-refractivity contribution in [3.8, 4) is 5.75 Å². The molecule has 5 heteroatoms. The number of rotatable bonds is 3. The number of anilines is 1. The Morgan fingerprint density at radius 2 is 2.27 bits per heavy atom. The molecule has 5 nitrogen and oxygen atoms in total. The number of aromatic carboxylic acids is 1. The van der Waals surface area contributed by atoms with Crippen LogP contribution in [0.3, 0.4) is 0 Å². The number of nitrogens with two attached hydrogens (primary N) is 1. The second kappa shape index (κ2) is 3.78. The largest absolute Gasteiger partial charge is 0.486 e. The number of hydrogen-bond donors (Lipinski definition) is 2. The van der Waals surface area contributed by atoms with Gasteiger partial charge in [-0.2, -0.15) is 0 Å². The molecule has 2 rings (SSSR count). The fourth-order valence-electron chi connectivity index (χ4n) is 1.27. The number of carboxylic acids is 1. The summed E-state index contributed by atoms with van der Waals surface area (Å²) in [6, 6.07) is 4.61. The summed E-state index contributed by atoms with van der Waals surface area (Å²) in [6.07, 6.45) is 0.0234. The first-order valence-electron chi connectivity index (χ1n) is 4.54. The van der Waals surface area contributed by atoms with E-state index in [-0.39, 0.29) is 17.4 Å². The number of carboxylic acid groups (broad SMARTS) is 1. The summed E-state index contributed by atoms with van der Waals surface area (Å²) < 4.78 is 10.4. The van der Waals surface area contributed by atoms with E-state index >= 15 is 0 Å². The van der Waals surface area contributed by atoms with Gasteiger partial charge in [0.2, 0.25) is 0 Å². The Bertz CT molecular complexity index is 387. The van der Waals surface area contributed by atoms with Gasteiger partial charge in [0.05, 0.1) is 18.8 Å². The van der Waals surface area contributed by atoms with E-state index in [1.807, 2.05) is 0 Å². The van der Waals surface area contributed by atoms with E-state index < -0.39 is 5.97 Å². The van der Waals surface area contributed by atoms with Gasteiger partial charge in [-0.25, -0.2) is 4.79 Å². The first kappa shape index (κ1) is 9.79. The Hall–Kier alpha value is -1.75.